The van der Waals surface area contributed by atoms with Crippen molar-refractivity contribution in [1.29, 1.82) is 0 Å². The van der Waals surface area contributed by atoms with Gasteiger partial charge in [-0.25, -0.2) is 0 Å². The molecule has 80 valence electrons. The van der Waals surface area contributed by atoms with E-state index < -0.39 is 0 Å². The highest BCUT2D eigenvalue weighted by molar-refractivity contribution is 9.10. The maximum Gasteiger partial charge on any atom is 0.0824 e. The molecule has 1 atom stereocenters. The maximum atomic E-state index is 5.76. The van der Waals surface area contributed by atoms with Crippen LogP contribution in [0.4, 0.5) is 0 Å². The average Bonchev–Trinajstić information content (AvgIpc) is 2.46. The number of hydrogen-bond donors (Lipinski definition) is 0. The van der Waals surface area contributed by atoms with Crippen LogP contribution in [-0.4, -0.2) is 6.10 Å². The zero-order valence-corrected chi connectivity index (χ0v) is 11.3. The molecule has 0 spiro atoms. The number of ether oxygens (including phenoxy) is 1. The zero-order chi connectivity index (χ0) is 10.6. The van der Waals surface area contributed by atoms with Crippen LogP contribution in [0.5, 0.6) is 0 Å². The molecular formula is C11H17BrOS. The minimum Gasteiger partial charge on any atom is -0.373 e. The zero-order valence-electron chi connectivity index (χ0n) is 8.92. The van der Waals surface area contributed by atoms with Crippen molar-refractivity contribution >= 4 is 27.3 Å². The van der Waals surface area contributed by atoms with E-state index >= 15 is 0 Å². The molecule has 0 aliphatic carbocycles. The van der Waals surface area contributed by atoms with Gasteiger partial charge in [-0.05, 0) is 46.6 Å². The lowest BCUT2D eigenvalue weighted by atomic mass is 10.1. The Bertz CT molecular complexity index is 270. The van der Waals surface area contributed by atoms with Gasteiger partial charge in [0.1, 0.15) is 0 Å². The van der Waals surface area contributed by atoms with Crippen molar-refractivity contribution in [1.82, 2.24) is 0 Å². The molecule has 1 rings (SSSR count). The molecule has 1 unspecified atom stereocenters. The quantitative estimate of drug-likeness (QED) is 0.772. The first kappa shape index (κ1) is 12.2. The van der Waals surface area contributed by atoms with Crippen molar-refractivity contribution in [2.75, 3.05) is 0 Å². The van der Waals surface area contributed by atoms with Gasteiger partial charge in [-0.1, -0.05) is 13.8 Å². The molecule has 1 aromatic rings. The molecule has 0 aromatic carbocycles. The standard InChI is InChI=1S/C11H17BrOS/c1-8(2)6-9(3)13-7-11-10(12)4-5-14-11/h4-5,8-9H,6-7H2,1-3H3. The van der Waals surface area contributed by atoms with E-state index in [9.17, 15) is 0 Å². The van der Waals surface area contributed by atoms with Crippen molar-refractivity contribution in [3.63, 3.8) is 0 Å². The van der Waals surface area contributed by atoms with Crippen LogP contribution in [0, 0.1) is 5.92 Å². The topological polar surface area (TPSA) is 9.23 Å². The summed E-state index contributed by atoms with van der Waals surface area (Å²) in [5.41, 5.74) is 0. The van der Waals surface area contributed by atoms with Gasteiger partial charge in [-0.15, -0.1) is 11.3 Å². The summed E-state index contributed by atoms with van der Waals surface area (Å²) in [5.74, 6) is 0.705. The van der Waals surface area contributed by atoms with E-state index in [1.54, 1.807) is 11.3 Å². The molecular weight excluding hydrogens is 260 g/mol. The number of hydrogen-bond acceptors (Lipinski definition) is 2. The Hall–Kier alpha value is 0.140. The second-order valence-corrected chi connectivity index (χ2v) is 5.80. The highest BCUT2D eigenvalue weighted by Gasteiger charge is 2.07. The van der Waals surface area contributed by atoms with Crippen LogP contribution in [0.2, 0.25) is 0 Å². The second kappa shape index (κ2) is 5.89. The lowest BCUT2D eigenvalue weighted by Crippen LogP contribution is -2.10. The van der Waals surface area contributed by atoms with Gasteiger partial charge < -0.3 is 4.74 Å². The van der Waals surface area contributed by atoms with E-state index in [0.717, 1.165) is 13.0 Å². The molecule has 1 nitrogen and oxygen atoms in total. The Labute approximate surface area is 98.6 Å². The fraction of sp³-hybridized carbons (Fsp3) is 0.636. The van der Waals surface area contributed by atoms with E-state index in [4.69, 9.17) is 4.74 Å². The van der Waals surface area contributed by atoms with E-state index in [0.29, 0.717) is 12.0 Å². The van der Waals surface area contributed by atoms with Crippen LogP contribution < -0.4 is 0 Å². The average molecular weight is 277 g/mol. The number of rotatable bonds is 5. The molecule has 0 fully saturated rings. The fourth-order valence-corrected chi connectivity index (χ4v) is 2.76. The number of thiophene rings is 1. The molecule has 0 bridgehead atoms. The Balaban J connectivity index is 2.30. The SMILES string of the molecule is CC(C)CC(C)OCc1sccc1Br. The van der Waals surface area contributed by atoms with Crippen LogP contribution in [0.1, 0.15) is 32.1 Å². The Morgan fingerprint density at radius 3 is 2.64 bits per heavy atom. The minimum atomic E-state index is 0.351. The molecule has 0 aliphatic rings. The van der Waals surface area contributed by atoms with Crippen molar-refractivity contribution < 1.29 is 4.74 Å². The molecule has 1 heterocycles. The summed E-state index contributed by atoms with van der Waals surface area (Å²) >= 11 is 5.24. The molecule has 0 saturated carbocycles. The summed E-state index contributed by atoms with van der Waals surface area (Å²) in [6.07, 6.45) is 1.48. The van der Waals surface area contributed by atoms with Gasteiger partial charge in [0.25, 0.3) is 0 Å². The summed E-state index contributed by atoms with van der Waals surface area (Å²) in [5, 5.41) is 2.08. The van der Waals surface area contributed by atoms with Crippen molar-refractivity contribution in [2.24, 2.45) is 5.92 Å². The van der Waals surface area contributed by atoms with Gasteiger partial charge in [0, 0.05) is 9.35 Å². The lowest BCUT2D eigenvalue weighted by Gasteiger charge is -2.14. The monoisotopic (exact) mass is 276 g/mol. The summed E-state index contributed by atoms with van der Waals surface area (Å²) < 4.78 is 6.92. The summed E-state index contributed by atoms with van der Waals surface area (Å²) in [7, 11) is 0. The van der Waals surface area contributed by atoms with Crippen LogP contribution in [0.3, 0.4) is 0 Å². The van der Waals surface area contributed by atoms with Crippen LogP contribution >= 0.6 is 27.3 Å². The van der Waals surface area contributed by atoms with E-state index in [2.05, 4.69) is 48.1 Å². The van der Waals surface area contributed by atoms with Gasteiger partial charge >= 0.3 is 0 Å². The van der Waals surface area contributed by atoms with E-state index in [1.807, 2.05) is 0 Å². The summed E-state index contributed by atoms with van der Waals surface area (Å²) in [6, 6.07) is 2.07. The van der Waals surface area contributed by atoms with Crippen molar-refractivity contribution in [2.45, 2.75) is 39.9 Å². The molecule has 1 aromatic heterocycles. The van der Waals surface area contributed by atoms with Gasteiger partial charge in [0.2, 0.25) is 0 Å². The second-order valence-electron chi connectivity index (χ2n) is 3.94. The van der Waals surface area contributed by atoms with Gasteiger partial charge in [0.05, 0.1) is 12.7 Å². The predicted octanol–water partition coefficient (Wildman–Crippen LogP) is 4.46. The molecule has 0 amide bonds. The fourth-order valence-electron chi connectivity index (χ4n) is 1.38. The predicted molar refractivity (Wildman–Crippen MR) is 65.7 cm³/mol. The third-order valence-corrected chi connectivity index (χ3v) is 3.89. The largest absolute Gasteiger partial charge is 0.373 e. The first-order valence-corrected chi connectivity index (χ1v) is 6.60. The van der Waals surface area contributed by atoms with Crippen LogP contribution in [0.15, 0.2) is 15.9 Å². The van der Waals surface area contributed by atoms with Crippen molar-refractivity contribution in [3.8, 4) is 0 Å². The molecule has 0 aliphatic heterocycles. The Morgan fingerprint density at radius 2 is 2.14 bits per heavy atom. The molecule has 3 heteroatoms. The van der Waals surface area contributed by atoms with Gasteiger partial charge in [0.15, 0.2) is 0 Å². The number of halogens is 1. The smallest absolute Gasteiger partial charge is 0.0824 e. The molecule has 0 saturated heterocycles. The molecule has 0 radical (unpaired) electrons. The molecule has 0 N–H and O–H groups in total. The highest BCUT2D eigenvalue weighted by Crippen LogP contribution is 2.24. The normalized spacial score (nSPS) is 13.5. The van der Waals surface area contributed by atoms with Gasteiger partial charge in [-0.2, -0.15) is 0 Å². The van der Waals surface area contributed by atoms with Crippen LogP contribution in [0.25, 0.3) is 0 Å². The third kappa shape index (κ3) is 4.11. The van der Waals surface area contributed by atoms with Gasteiger partial charge in [-0.3, -0.25) is 0 Å². The maximum absolute atomic E-state index is 5.76. The Morgan fingerprint density at radius 1 is 1.43 bits per heavy atom. The summed E-state index contributed by atoms with van der Waals surface area (Å²) in [6.45, 7) is 7.31. The third-order valence-electron chi connectivity index (χ3n) is 1.99. The molecule has 14 heavy (non-hydrogen) atoms. The van der Waals surface area contributed by atoms with E-state index in [-0.39, 0.29) is 0 Å². The lowest BCUT2D eigenvalue weighted by molar-refractivity contribution is 0.0410. The highest BCUT2D eigenvalue weighted by atomic mass is 79.9. The summed E-state index contributed by atoms with van der Waals surface area (Å²) in [4.78, 5) is 1.28. The first-order chi connectivity index (χ1) is 6.59. The van der Waals surface area contributed by atoms with Crippen LogP contribution in [-0.2, 0) is 11.3 Å². The first-order valence-electron chi connectivity index (χ1n) is 4.93. The minimum absolute atomic E-state index is 0.351. The van der Waals surface area contributed by atoms with Crippen molar-refractivity contribution in [3.05, 3.63) is 20.8 Å². The van der Waals surface area contributed by atoms with E-state index in [1.165, 1.54) is 9.35 Å². The Kier molecular flexibility index (Phi) is 5.13.